The van der Waals surface area contributed by atoms with Crippen molar-refractivity contribution in [2.45, 2.75) is 53.0 Å². The normalized spacial score (nSPS) is 21.7. The lowest BCUT2D eigenvalue weighted by Gasteiger charge is -2.31. The summed E-state index contributed by atoms with van der Waals surface area (Å²) in [6.45, 7) is 14.2. The third-order valence-corrected chi connectivity index (χ3v) is 4.77. The maximum Gasteiger partial charge on any atom is 0.127 e. The van der Waals surface area contributed by atoms with E-state index in [4.69, 9.17) is 0 Å². The zero-order valence-electron chi connectivity index (χ0n) is 12.6. The third-order valence-electron chi connectivity index (χ3n) is 4.77. The summed E-state index contributed by atoms with van der Waals surface area (Å²) >= 11 is 0. The van der Waals surface area contributed by atoms with Gasteiger partial charge in [0, 0.05) is 24.5 Å². The Morgan fingerprint density at radius 2 is 1.83 bits per heavy atom. The van der Waals surface area contributed by atoms with E-state index < -0.39 is 0 Å². The molecule has 3 heteroatoms. The summed E-state index contributed by atoms with van der Waals surface area (Å²) in [4.78, 5) is 16.4. The van der Waals surface area contributed by atoms with Gasteiger partial charge < -0.3 is 9.69 Å². The van der Waals surface area contributed by atoms with Crippen molar-refractivity contribution in [2.75, 3.05) is 32.7 Å². The zero-order chi connectivity index (χ0) is 13.6. The smallest absolute Gasteiger partial charge is 0.127 e. The SMILES string of the molecule is CCN(CC)C1CCN(CC(C=O)(CC)CC)C1. The van der Waals surface area contributed by atoms with E-state index in [1.54, 1.807) is 0 Å². The van der Waals surface area contributed by atoms with Crippen LogP contribution in [0.25, 0.3) is 0 Å². The first kappa shape index (κ1) is 15.6. The molecular formula is C15H30N2O. The molecule has 1 aliphatic heterocycles. The van der Waals surface area contributed by atoms with E-state index in [0.717, 1.165) is 45.6 Å². The fourth-order valence-corrected chi connectivity index (χ4v) is 3.12. The first-order chi connectivity index (χ1) is 8.64. The van der Waals surface area contributed by atoms with Crippen LogP contribution in [-0.4, -0.2) is 54.9 Å². The van der Waals surface area contributed by atoms with Crippen LogP contribution in [0.15, 0.2) is 0 Å². The van der Waals surface area contributed by atoms with Crippen LogP contribution >= 0.6 is 0 Å². The van der Waals surface area contributed by atoms with Gasteiger partial charge in [-0.1, -0.05) is 27.7 Å². The molecule has 1 heterocycles. The summed E-state index contributed by atoms with van der Waals surface area (Å²) in [6.07, 6.45) is 4.36. The van der Waals surface area contributed by atoms with Crippen molar-refractivity contribution in [3.8, 4) is 0 Å². The van der Waals surface area contributed by atoms with Gasteiger partial charge >= 0.3 is 0 Å². The first-order valence-corrected chi connectivity index (χ1v) is 7.57. The van der Waals surface area contributed by atoms with Crippen LogP contribution in [0.2, 0.25) is 0 Å². The van der Waals surface area contributed by atoms with Gasteiger partial charge in [-0.05, 0) is 38.9 Å². The summed E-state index contributed by atoms with van der Waals surface area (Å²) in [7, 11) is 0. The van der Waals surface area contributed by atoms with Crippen molar-refractivity contribution in [1.82, 2.24) is 9.80 Å². The standard InChI is InChI=1S/C15H30N2O/c1-5-15(6-2,13-18)12-16-10-9-14(11-16)17(7-3)8-4/h13-14H,5-12H2,1-4H3. The number of aldehydes is 1. The van der Waals surface area contributed by atoms with Crippen molar-refractivity contribution in [3.63, 3.8) is 0 Å². The van der Waals surface area contributed by atoms with Crippen molar-refractivity contribution in [2.24, 2.45) is 5.41 Å². The van der Waals surface area contributed by atoms with Crippen LogP contribution < -0.4 is 0 Å². The molecule has 3 nitrogen and oxygen atoms in total. The summed E-state index contributed by atoms with van der Waals surface area (Å²) in [6, 6.07) is 0.693. The monoisotopic (exact) mass is 254 g/mol. The van der Waals surface area contributed by atoms with Gasteiger partial charge in [-0.3, -0.25) is 4.90 Å². The number of carbonyl (C=O) groups is 1. The molecule has 0 aliphatic carbocycles. The molecule has 0 bridgehead atoms. The first-order valence-electron chi connectivity index (χ1n) is 7.57. The number of nitrogens with zero attached hydrogens (tertiary/aromatic N) is 2. The topological polar surface area (TPSA) is 23.6 Å². The second-order valence-electron chi connectivity index (χ2n) is 5.59. The van der Waals surface area contributed by atoms with Gasteiger partial charge in [0.1, 0.15) is 6.29 Å². The number of rotatable bonds is 8. The minimum absolute atomic E-state index is 0.113. The molecule has 0 aromatic rings. The van der Waals surface area contributed by atoms with Crippen molar-refractivity contribution >= 4 is 6.29 Å². The molecule has 1 rings (SSSR count). The van der Waals surface area contributed by atoms with Gasteiger partial charge in [-0.2, -0.15) is 0 Å². The van der Waals surface area contributed by atoms with E-state index in [1.807, 2.05) is 0 Å². The highest BCUT2D eigenvalue weighted by Crippen LogP contribution is 2.27. The fraction of sp³-hybridized carbons (Fsp3) is 0.933. The minimum Gasteiger partial charge on any atom is -0.303 e. The number of hydrogen-bond acceptors (Lipinski definition) is 3. The van der Waals surface area contributed by atoms with Gasteiger partial charge in [0.05, 0.1) is 0 Å². The van der Waals surface area contributed by atoms with Crippen molar-refractivity contribution in [3.05, 3.63) is 0 Å². The quantitative estimate of drug-likeness (QED) is 0.622. The number of hydrogen-bond donors (Lipinski definition) is 0. The summed E-state index contributed by atoms with van der Waals surface area (Å²) in [5.74, 6) is 0. The van der Waals surface area contributed by atoms with Gasteiger partial charge in [0.25, 0.3) is 0 Å². The third kappa shape index (κ3) is 3.55. The molecule has 106 valence electrons. The molecule has 0 saturated carbocycles. The molecule has 0 aromatic carbocycles. The molecule has 1 saturated heterocycles. The van der Waals surface area contributed by atoms with Crippen molar-refractivity contribution < 1.29 is 4.79 Å². The molecule has 0 amide bonds. The van der Waals surface area contributed by atoms with E-state index >= 15 is 0 Å². The predicted molar refractivity (Wildman–Crippen MR) is 76.8 cm³/mol. The molecule has 1 aliphatic rings. The van der Waals surface area contributed by atoms with Crippen LogP contribution in [0.1, 0.15) is 47.0 Å². The summed E-state index contributed by atoms with van der Waals surface area (Å²) < 4.78 is 0. The molecule has 0 aromatic heterocycles. The lowest BCUT2D eigenvalue weighted by atomic mass is 9.83. The lowest BCUT2D eigenvalue weighted by Crippen LogP contribution is -2.41. The van der Waals surface area contributed by atoms with Crippen LogP contribution in [-0.2, 0) is 4.79 Å². The Morgan fingerprint density at radius 3 is 2.28 bits per heavy atom. The number of likely N-dealkylation sites (tertiary alicyclic amines) is 1. The second kappa shape index (κ2) is 7.25. The Kier molecular flexibility index (Phi) is 6.30. The maximum atomic E-state index is 11.4. The van der Waals surface area contributed by atoms with Crippen LogP contribution in [0.5, 0.6) is 0 Å². The highest BCUT2D eigenvalue weighted by molar-refractivity contribution is 5.59. The highest BCUT2D eigenvalue weighted by Gasteiger charge is 2.33. The molecular weight excluding hydrogens is 224 g/mol. The van der Waals surface area contributed by atoms with Gasteiger partial charge in [-0.15, -0.1) is 0 Å². The maximum absolute atomic E-state index is 11.4. The minimum atomic E-state index is -0.113. The predicted octanol–water partition coefficient (Wildman–Crippen LogP) is 2.41. The second-order valence-corrected chi connectivity index (χ2v) is 5.59. The molecule has 0 N–H and O–H groups in total. The molecule has 1 unspecified atom stereocenters. The Morgan fingerprint density at radius 1 is 1.22 bits per heavy atom. The average molecular weight is 254 g/mol. The Bertz CT molecular complexity index is 247. The van der Waals surface area contributed by atoms with Gasteiger partial charge in [0.15, 0.2) is 0 Å². The van der Waals surface area contributed by atoms with E-state index in [0.29, 0.717) is 6.04 Å². The summed E-state index contributed by atoms with van der Waals surface area (Å²) in [5.41, 5.74) is -0.113. The fourth-order valence-electron chi connectivity index (χ4n) is 3.12. The van der Waals surface area contributed by atoms with E-state index in [9.17, 15) is 4.79 Å². The number of carbonyl (C=O) groups excluding carboxylic acids is 1. The van der Waals surface area contributed by atoms with E-state index in [-0.39, 0.29) is 5.41 Å². The van der Waals surface area contributed by atoms with Crippen molar-refractivity contribution in [1.29, 1.82) is 0 Å². The van der Waals surface area contributed by atoms with E-state index in [2.05, 4.69) is 37.5 Å². The Balaban J connectivity index is 2.54. The average Bonchev–Trinajstić information content (AvgIpc) is 2.86. The largest absolute Gasteiger partial charge is 0.303 e. The molecule has 18 heavy (non-hydrogen) atoms. The van der Waals surface area contributed by atoms with Gasteiger partial charge in [0.2, 0.25) is 0 Å². The van der Waals surface area contributed by atoms with Crippen LogP contribution in [0.4, 0.5) is 0 Å². The molecule has 1 atom stereocenters. The molecule has 0 radical (unpaired) electrons. The van der Waals surface area contributed by atoms with Crippen LogP contribution in [0.3, 0.4) is 0 Å². The van der Waals surface area contributed by atoms with Gasteiger partial charge in [-0.25, -0.2) is 0 Å². The summed E-state index contributed by atoms with van der Waals surface area (Å²) in [5, 5.41) is 0. The highest BCUT2D eigenvalue weighted by atomic mass is 16.1. The van der Waals surface area contributed by atoms with E-state index in [1.165, 1.54) is 12.7 Å². The molecule has 1 fully saturated rings. The Hall–Kier alpha value is -0.410. The molecule has 0 spiro atoms. The zero-order valence-corrected chi connectivity index (χ0v) is 12.6. The van der Waals surface area contributed by atoms with Crippen LogP contribution in [0, 0.1) is 5.41 Å². The number of likely N-dealkylation sites (N-methyl/N-ethyl adjacent to an activating group) is 1. The lowest BCUT2D eigenvalue weighted by molar-refractivity contribution is -0.117. The Labute approximate surface area is 113 Å².